The minimum atomic E-state index is -0.486. The second-order valence-corrected chi connectivity index (χ2v) is 6.59. The number of hydrogen-bond acceptors (Lipinski definition) is 5. The van der Waals surface area contributed by atoms with Crippen molar-refractivity contribution in [2.24, 2.45) is 0 Å². The lowest BCUT2D eigenvalue weighted by Crippen LogP contribution is -2.41. The number of anilines is 1. The van der Waals surface area contributed by atoms with Gasteiger partial charge in [-0.3, -0.25) is 19.8 Å². The molecule has 1 aromatic rings. The van der Waals surface area contributed by atoms with Crippen LogP contribution in [0.5, 0.6) is 0 Å². The highest BCUT2D eigenvalue weighted by molar-refractivity contribution is 7.99. The van der Waals surface area contributed by atoms with Crippen LogP contribution in [0.3, 0.4) is 0 Å². The van der Waals surface area contributed by atoms with Crippen LogP contribution in [0.15, 0.2) is 24.3 Å². The monoisotopic (exact) mass is 323 g/mol. The first-order valence-electron chi connectivity index (χ1n) is 7.29. The molecule has 6 nitrogen and oxygen atoms in total. The van der Waals surface area contributed by atoms with Crippen LogP contribution < -0.4 is 5.32 Å². The molecule has 2 atom stereocenters. The molecule has 0 heterocycles. The Labute approximate surface area is 134 Å². The van der Waals surface area contributed by atoms with Crippen LogP contribution in [0.4, 0.5) is 11.4 Å². The predicted octanol–water partition coefficient (Wildman–Crippen LogP) is 2.75. The van der Waals surface area contributed by atoms with E-state index in [-0.39, 0.29) is 23.8 Å². The Hall–Kier alpha value is -1.60. The van der Waals surface area contributed by atoms with E-state index >= 15 is 0 Å². The molecule has 0 aliphatic heterocycles. The fourth-order valence-electron chi connectivity index (χ4n) is 2.96. The maximum Gasteiger partial charge on any atom is 0.292 e. The largest absolute Gasteiger partial charge is 0.319 e. The van der Waals surface area contributed by atoms with E-state index in [2.05, 4.69) is 16.5 Å². The smallest absolute Gasteiger partial charge is 0.292 e. The van der Waals surface area contributed by atoms with Crippen LogP contribution in [0.25, 0.3) is 0 Å². The number of carbonyl (C=O) groups is 1. The molecular weight excluding hydrogens is 302 g/mol. The highest BCUT2D eigenvalue weighted by atomic mass is 32.2. The Morgan fingerprint density at radius 1 is 1.45 bits per heavy atom. The number of nitrogens with one attached hydrogen (secondary N) is 1. The van der Waals surface area contributed by atoms with Crippen LogP contribution >= 0.6 is 11.8 Å². The molecule has 2 rings (SSSR count). The van der Waals surface area contributed by atoms with Crippen molar-refractivity contribution in [2.45, 2.75) is 30.6 Å². The summed E-state index contributed by atoms with van der Waals surface area (Å²) in [4.78, 5) is 24.7. The third-order valence-corrected chi connectivity index (χ3v) is 5.21. The molecule has 0 radical (unpaired) electrons. The van der Waals surface area contributed by atoms with Gasteiger partial charge in [-0.15, -0.1) is 0 Å². The Morgan fingerprint density at radius 2 is 2.18 bits per heavy atom. The molecule has 1 aliphatic rings. The molecule has 0 bridgehead atoms. The zero-order valence-corrected chi connectivity index (χ0v) is 13.6. The third kappa shape index (κ3) is 3.98. The normalized spacial score (nSPS) is 21.0. The van der Waals surface area contributed by atoms with Crippen molar-refractivity contribution < 1.29 is 9.72 Å². The van der Waals surface area contributed by atoms with E-state index in [9.17, 15) is 14.9 Å². The highest BCUT2D eigenvalue weighted by Crippen LogP contribution is 2.31. The number of thioether (sulfide) groups is 1. The maximum atomic E-state index is 12.2. The third-order valence-electron chi connectivity index (χ3n) is 4.05. The number of rotatable bonds is 6. The van der Waals surface area contributed by atoms with Gasteiger partial charge in [0.15, 0.2) is 0 Å². The Kier molecular flexibility index (Phi) is 5.79. The highest BCUT2D eigenvalue weighted by Gasteiger charge is 2.30. The summed E-state index contributed by atoms with van der Waals surface area (Å²) >= 11 is 1.84. The summed E-state index contributed by atoms with van der Waals surface area (Å²) in [6, 6.07) is 6.59. The summed E-state index contributed by atoms with van der Waals surface area (Å²) in [6.45, 7) is 0.244. The summed E-state index contributed by atoms with van der Waals surface area (Å²) in [5.74, 6) is -0.219. The average molecular weight is 323 g/mol. The van der Waals surface area contributed by atoms with E-state index in [1.54, 1.807) is 18.2 Å². The molecule has 0 saturated heterocycles. The van der Waals surface area contributed by atoms with Crippen molar-refractivity contribution in [3.05, 3.63) is 34.4 Å². The summed E-state index contributed by atoms with van der Waals surface area (Å²) in [5, 5.41) is 14.2. The van der Waals surface area contributed by atoms with Gasteiger partial charge in [0.2, 0.25) is 5.91 Å². The molecule has 22 heavy (non-hydrogen) atoms. The number of para-hydroxylation sites is 2. The van der Waals surface area contributed by atoms with Crippen LogP contribution in [0.2, 0.25) is 0 Å². The van der Waals surface area contributed by atoms with E-state index in [0.29, 0.717) is 11.3 Å². The predicted molar refractivity (Wildman–Crippen MR) is 89.3 cm³/mol. The first-order chi connectivity index (χ1) is 10.5. The number of nitrogens with zero attached hydrogens (tertiary/aromatic N) is 2. The van der Waals surface area contributed by atoms with Crippen molar-refractivity contribution in [1.82, 2.24) is 4.90 Å². The minimum absolute atomic E-state index is 0.0821. The lowest BCUT2D eigenvalue weighted by atomic mass is 10.2. The van der Waals surface area contributed by atoms with E-state index < -0.39 is 4.92 Å². The van der Waals surface area contributed by atoms with E-state index in [1.807, 2.05) is 18.8 Å². The SMILES string of the molecule is CS[C@@H]1CCC[C@@H]1N(C)CC(=O)Nc1ccccc1[N+](=O)[O-]. The molecule has 0 spiro atoms. The van der Waals surface area contributed by atoms with Gasteiger partial charge in [-0.2, -0.15) is 11.8 Å². The average Bonchev–Trinajstić information content (AvgIpc) is 2.96. The van der Waals surface area contributed by atoms with Crippen molar-refractivity contribution in [2.75, 3.05) is 25.2 Å². The van der Waals surface area contributed by atoms with Gasteiger partial charge in [0.05, 0.1) is 11.5 Å². The quantitative estimate of drug-likeness (QED) is 0.643. The number of hydrogen-bond donors (Lipinski definition) is 1. The minimum Gasteiger partial charge on any atom is -0.319 e. The molecule has 1 aromatic carbocycles. The zero-order valence-electron chi connectivity index (χ0n) is 12.8. The van der Waals surface area contributed by atoms with Gasteiger partial charge in [0.25, 0.3) is 5.69 Å². The Balaban J connectivity index is 1.97. The molecule has 120 valence electrons. The number of carbonyl (C=O) groups excluding carboxylic acids is 1. The summed E-state index contributed by atoms with van der Waals surface area (Å²) in [7, 11) is 1.94. The van der Waals surface area contributed by atoms with Crippen LogP contribution in [-0.4, -0.2) is 46.9 Å². The molecule has 0 aromatic heterocycles. The molecule has 1 aliphatic carbocycles. The first-order valence-corrected chi connectivity index (χ1v) is 8.58. The molecule has 1 fully saturated rings. The molecule has 7 heteroatoms. The van der Waals surface area contributed by atoms with Crippen molar-refractivity contribution in [3.63, 3.8) is 0 Å². The van der Waals surface area contributed by atoms with Crippen LogP contribution in [0, 0.1) is 10.1 Å². The van der Waals surface area contributed by atoms with E-state index in [4.69, 9.17) is 0 Å². The van der Waals surface area contributed by atoms with Crippen molar-refractivity contribution in [1.29, 1.82) is 0 Å². The molecule has 1 amide bonds. The van der Waals surface area contributed by atoms with Gasteiger partial charge in [0.1, 0.15) is 5.69 Å². The Bertz CT molecular complexity index is 553. The van der Waals surface area contributed by atoms with Crippen LogP contribution in [-0.2, 0) is 4.79 Å². The topological polar surface area (TPSA) is 75.5 Å². The standard InChI is InChI=1S/C15H21N3O3S/c1-17(13-8-5-9-14(13)22-2)10-15(19)16-11-6-3-4-7-12(11)18(20)21/h3-4,6-7,13-14H,5,8-10H2,1-2H3,(H,16,19)/t13-,14+/m0/s1. The number of benzene rings is 1. The van der Waals surface area contributed by atoms with Gasteiger partial charge in [0, 0.05) is 17.4 Å². The van der Waals surface area contributed by atoms with Crippen molar-refractivity contribution >= 4 is 29.0 Å². The van der Waals surface area contributed by atoms with Crippen molar-refractivity contribution in [3.8, 4) is 0 Å². The van der Waals surface area contributed by atoms with Gasteiger partial charge >= 0.3 is 0 Å². The molecule has 1 saturated carbocycles. The lowest BCUT2D eigenvalue weighted by Gasteiger charge is -2.28. The second-order valence-electron chi connectivity index (χ2n) is 5.51. The molecular formula is C15H21N3O3S. The van der Waals surface area contributed by atoms with E-state index in [1.165, 1.54) is 18.9 Å². The Morgan fingerprint density at radius 3 is 2.86 bits per heavy atom. The molecule has 1 N–H and O–H groups in total. The number of nitro groups is 1. The summed E-state index contributed by atoms with van der Waals surface area (Å²) in [5.41, 5.74) is 0.167. The van der Waals surface area contributed by atoms with Gasteiger partial charge in [-0.25, -0.2) is 0 Å². The summed E-state index contributed by atoms with van der Waals surface area (Å²) < 4.78 is 0. The first kappa shape index (κ1) is 16.8. The number of likely N-dealkylation sites (N-methyl/N-ethyl adjacent to an activating group) is 1. The fourth-order valence-corrected chi connectivity index (χ4v) is 4.02. The maximum absolute atomic E-state index is 12.2. The number of amides is 1. The second kappa shape index (κ2) is 7.60. The van der Waals surface area contributed by atoms with Gasteiger partial charge in [-0.1, -0.05) is 18.6 Å². The molecule has 0 unspecified atom stereocenters. The fraction of sp³-hybridized carbons (Fsp3) is 0.533. The lowest BCUT2D eigenvalue weighted by molar-refractivity contribution is -0.383. The number of nitro benzene ring substituents is 1. The van der Waals surface area contributed by atoms with E-state index in [0.717, 1.165) is 6.42 Å². The zero-order chi connectivity index (χ0) is 16.1. The van der Waals surface area contributed by atoms with Gasteiger partial charge < -0.3 is 5.32 Å². The summed E-state index contributed by atoms with van der Waals surface area (Å²) in [6.07, 6.45) is 5.57. The van der Waals surface area contributed by atoms with Crippen LogP contribution in [0.1, 0.15) is 19.3 Å². The van der Waals surface area contributed by atoms with Gasteiger partial charge in [-0.05, 0) is 32.2 Å².